The first-order valence-electron chi connectivity index (χ1n) is 7.49. The highest BCUT2D eigenvalue weighted by molar-refractivity contribution is 8.00. The second-order valence-corrected chi connectivity index (χ2v) is 8.63. The molecule has 2 rings (SSSR count). The van der Waals surface area contributed by atoms with Crippen molar-refractivity contribution in [1.82, 2.24) is 4.90 Å². The molecule has 0 saturated carbocycles. The predicted octanol–water partition coefficient (Wildman–Crippen LogP) is 3.57. The van der Waals surface area contributed by atoms with Gasteiger partial charge in [0.1, 0.15) is 0 Å². The highest BCUT2D eigenvalue weighted by atomic mass is 32.2. The molecule has 3 atom stereocenters. The fourth-order valence-corrected chi connectivity index (χ4v) is 4.55. The maximum absolute atomic E-state index is 10.7. The number of rotatable bonds is 4. The van der Waals surface area contributed by atoms with E-state index in [4.69, 9.17) is 0 Å². The highest BCUT2D eigenvalue weighted by Crippen LogP contribution is 2.35. The summed E-state index contributed by atoms with van der Waals surface area (Å²) in [7, 11) is 0. The van der Waals surface area contributed by atoms with Gasteiger partial charge in [-0.05, 0) is 5.56 Å². The normalized spacial score (nSPS) is 26.4. The maximum Gasteiger partial charge on any atom is 0.0853 e. The molecule has 0 amide bonds. The van der Waals surface area contributed by atoms with Crippen LogP contribution in [0.5, 0.6) is 0 Å². The minimum absolute atomic E-state index is 0.136. The van der Waals surface area contributed by atoms with Gasteiger partial charge < -0.3 is 10.0 Å². The van der Waals surface area contributed by atoms with Crippen LogP contribution in [0.2, 0.25) is 0 Å². The van der Waals surface area contributed by atoms with Crippen LogP contribution in [-0.4, -0.2) is 40.1 Å². The summed E-state index contributed by atoms with van der Waals surface area (Å²) in [5, 5.41) is 12.0. The van der Waals surface area contributed by atoms with Crippen molar-refractivity contribution in [2.24, 2.45) is 5.41 Å². The molecule has 1 aliphatic heterocycles. The van der Waals surface area contributed by atoms with Crippen LogP contribution < -0.4 is 0 Å². The molecular formula is C17H27NOS. The molecule has 1 saturated heterocycles. The molecule has 20 heavy (non-hydrogen) atoms. The maximum atomic E-state index is 10.7. The van der Waals surface area contributed by atoms with E-state index in [0.717, 1.165) is 25.2 Å². The Hall–Kier alpha value is -0.510. The topological polar surface area (TPSA) is 23.5 Å². The van der Waals surface area contributed by atoms with Crippen LogP contribution in [0.25, 0.3) is 0 Å². The Balaban J connectivity index is 2.03. The molecule has 1 aromatic rings. The summed E-state index contributed by atoms with van der Waals surface area (Å²) in [5.74, 6) is 0. The number of aliphatic hydroxyl groups is 1. The fourth-order valence-electron chi connectivity index (χ4n) is 3.16. The lowest BCUT2D eigenvalue weighted by Crippen LogP contribution is -2.46. The molecule has 0 spiro atoms. The first kappa shape index (κ1) is 15.9. The Labute approximate surface area is 127 Å². The van der Waals surface area contributed by atoms with Crippen LogP contribution in [0.3, 0.4) is 0 Å². The summed E-state index contributed by atoms with van der Waals surface area (Å²) in [6.07, 6.45) is -0.413. The van der Waals surface area contributed by atoms with Crippen LogP contribution in [0, 0.1) is 5.41 Å². The fraction of sp³-hybridized carbons (Fsp3) is 0.647. The van der Waals surface area contributed by atoms with E-state index >= 15 is 0 Å². The zero-order valence-corrected chi connectivity index (χ0v) is 13.9. The molecule has 0 aromatic heterocycles. The van der Waals surface area contributed by atoms with E-state index in [0.29, 0.717) is 10.5 Å². The molecule has 1 fully saturated rings. The quantitative estimate of drug-likeness (QED) is 0.918. The first-order valence-corrected chi connectivity index (χ1v) is 8.43. The molecule has 2 nitrogen and oxygen atoms in total. The van der Waals surface area contributed by atoms with Gasteiger partial charge in [-0.3, -0.25) is 0 Å². The molecule has 0 radical (unpaired) electrons. The van der Waals surface area contributed by atoms with Crippen molar-refractivity contribution < 1.29 is 5.11 Å². The van der Waals surface area contributed by atoms with Crippen molar-refractivity contribution in [1.29, 1.82) is 0 Å². The summed E-state index contributed by atoms with van der Waals surface area (Å²) >= 11 is 2.07. The third-order valence-corrected chi connectivity index (χ3v) is 5.21. The molecule has 3 unspecified atom stereocenters. The van der Waals surface area contributed by atoms with Crippen molar-refractivity contribution in [2.45, 2.75) is 44.3 Å². The van der Waals surface area contributed by atoms with Crippen LogP contribution in [-0.2, 0) is 0 Å². The molecule has 112 valence electrons. The SMILES string of the molecule is CC1CN(CC(C)(C)C(O)c2ccccc2)CC(C)S1. The zero-order valence-electron chi connectivity index (χ0n) is 13.0. The lowest BCUT2D eigenvalue weighted by atomic mass is 9.82. The standard InChI is InChI=1S/C17H27NOS/c1-13-10-18(11-14(2)20-13)12-17(3,4)16(19)15-8-6-5-7-9-15/h5-9,13-14,16,19H,10-12H2,1-4H3. The van der Waals surface area contributed by atoms with Crippen molar-refractivity contribution in [3.8, 4) is 0 Å². The highest BCUT2D eigenvalue weighted by Gasteiger charge is 2.33. The molecule has 1 N–H and O–H groups in total. The lowest BCUT2D eigenvalue weighted by molar-refractivity contribution is 0.0198. The van der Waals surface area contributed by atoms with E-state index < -0.39 is 6.10 Å². The van der Waals surface area contributed by atoms with Gasteiger partial charge in [-0.25, -0.2) is 0 Å². The number of thioether (sulfide) groups is 1. The molecule has 0 bridgehead atoms. The Kier molecular flexibility index (Phi) is 5.16. The largest absolute Gasteiger partial charge is 0.388 e. The number of nitrogens with zero attached hydrogens (tertiary/aromatic N) is 1. The second-order valence-electron chi connectivity index (χ2n) is 6.75. The monoisotopic (exact) mass is 293 g/mol. The minimum Gasteiger partial charge on any atom is -0.388 e. The number of hydrogen-bond acceptors (Lipinski definition) is 3. The number of benzene rings is 1. The van der Waals surface area contributed by atoms with E-state index in [1.807, 2.05) is 30.3 Å². The van der Waals surface area contributed by atoms with Crippen LogP contribution in [0.1, 0.15) is 39.4 Å². The summed E-state index contributed by atoms with van der Waals surface area (Å²) < 4.78 is 0. The minimum atomic E-state index is -0.413. The van der Waals surface area contributed by atoms with Gasteiger partial charge in [0, 0.05) is 35.5 Å². The van der Waals surface area contributed by atoms with Gasteiger partial charge in [0.15, 0.2) is 0 Å². The van der Waals surface area contributed by atoms with Gasteiger partial charge in [0.05, 0.1) is 6.10 Å². The predicted molar refractivity (Wildman–Crippen MR) is 88.1 cm³/mol. The molecule has 3 heteroatoms. The van der Waals surface area contributed by atoms with E-state index in [2.05, 4.69) is 44.4 Å². The third-order valence-electron chi connectivity index (χ3n) is 3.98. The molecule has 0 aliphatic carbocycles. The summed E-state index contributed by atoms with van der Waals surface area (Å²) in [6.45, 7) is 12.1. The van der Waals surface area contributed by atoms with E-state index in [1.165, 1.54) is 0 Å². The lowest BCUT2D eigenvalue weighted by Gasteiger charge is -2.41. The van der Waals surface area contributed by atoms with Crippen LogP contribution in [0.15, 0.2) is 30.3 Å². The van der Waals surface area contributed by atoms with E-state index in [9.17, 15) is 5.11 Å². The zero-order chi connectivity index (χ0) is 14.8. The Morgan fingerprint density at radius 1 is 1.20 bits per heavy atom. The van der Waals surface area contributed by atoms with Crippen molar-refractivity contribution >= 4 is 11.8 Å². The van der Waals surface area contributed by atoms with Crippen molar-refractivity contribution in [3.05, 3.63) is 35.9 Å². The molecule has 1 heterocycles. The average Bonchev–Trinajstić information content (AvgIpc) is 2.37. The second kappa shape index (κ2) is 6.50. The summed E-state index contributed by atoms with van der Waals surface area (Å²) in [6, 6.07) is 10.0. The van der Waals surface area contributed by atoms with Gasteiger partial charge in [-0.2, -0.15) is 11.8 Å². The van der Waals surface area contributed by atoms with Crippen LogP contribution in [0.4, 0.5) is 0 Å². The molecular weight excluding hydrogens is 266 g/mol. The summed E-state index contributed by atoms with van der Waals surface area (Å²) in [5.41, 5.74) is 0.882. The Morgan fingerprint density at radius 2 is 1.75 bits per heavy atom. The van der Waals surface area contributed by atoms with Crippen molar-refractivity contribution in [3.63, 3.8) is 0 Å². The third kappa shape index (κ3) is 4.00. The van der Waals surface area contributed by atoms with Crippen molar-refractivity contribution in [2.75, 3.05) is 19.6 Å². The molecule has 1 aliphatic rings. The van der Waals surface area contributed by atoms with Gasteiger partial charge in [-0.1, -0.05) is 58.0 Å². The average molecular weight is 293 g/mol. The smallest absolute Gasteiger partial charge is 0.0853 e. The van der Waals surface area contributed by atoms with E-state index in [1.54, 1.807) is 0 Å². The van der Waals surface area contributed by atoms with Crippen LogP contribution >= 0.6 is 11.8 Å². The number of hydrogen-bond donors (Lipinski definition) is 1. The van der Waals surface area contributed by atoms with Gasteiger partial charge in [0.25, 0.3) is 0 Å². The van der Waals surface area contributed by atoms with E-state index in [-0.39, 0.29) is 5.41 Å². The number of aliphatic hydroxyl groups excluding tert-OH is 1. The Morgan fingerprint density at radius 3 is 2.30 bits per heavy atom. The van der Waals surface area contributed by atoms with Gasteiger partial charge >= 0.3 is 0 Å². The van der Waals surface area contributed by atoms with Gasteiger partial charge in [0.2, 0.25) is 0 Å². The molecule has 1 aromatic carbocycles. The summed E-state index contributed by atoms with van der Waals surface area (Å²) in [4.78, 5) is 2.51. The van der Waals surface area contributed by atoms with Gasteiger partial charge in [-0.15, -0.1) is 0 Å². The Bertz CT molecular complexity index is 410. The first-order chi connectivity index (χ1) is 9.38.